The summed E-state index contributed by atoms with van der Waals surface area (Å²) in [5.74, 6) is 0. The Morgan fingerprint density at radius 1 is 1.16 bits per heavy atom. The lowest BCUT2D eigenvalue weighted by Crippen LogP contribution is -2.02. The number of hydrogen-bond donors (Lipinski definition) is 0. The first-order chi connectivity index (χ1) is 9.24. The molecule has 19 heavy (non-hydrogen) atoms. The van der Waals surface area contributed by atoms with E-state index in [4.69, 9.17) is 11.6 Å². The SMILES string of the molecule is Clc1ncnc2c1ccn2CCCn1ccc(Br)c1. The third-order valence-corrected chi connectivity index (χ3v) is 3.81. The van der Waals surface area contributed by atoms with Crippen LogP contribution >= 0.6 is 27.5 Å². The molecule has 0 aliphatic rings. The quantitative estimate of drug-likeness (QED) is 0.679. The maximum atomic E-state index is 6.03. The van der Waals surface area contributed by atoms with Gasteiger partial charge in [-0.2, -0.15) is 0 Å². The van der Waals surface area contributed by atoms with Crippen LogP contribution in [0.2, 0.25) is 5.15 Å². The zero-order chi connectivity index (χ0) is 13.2. The van der Waals surface area contributed by atoms with Gasteiger partial charge in [-0.05, 0) is 34.5 Å². The molecule has 0 saturated heterocycles. The third kappa shape index (κ3) is 2.67. The molecule has 4 nitrogen and oxygen atoms in total. The number of nitrogens with zero attached hydrogens (tertiary/aromatic N) is 4. The van der Waals surface area contributed by atoms with Crippen molar-refractivity contribution in [1.29, 1.82) is 0 Å². The molecule has 6 heteroatoms. The Hall–Kier alpha value is -1.33. The lowest BCUT2D eigenvalue weighted by atomic mass is 10.4. The van der Waals surface area contributed by atoms with Gasteiger partial charge in [-0.15, -0.1) is 0 Å². The van der Waals surface area contributed by atoms with Crippen LogP contribution in [0.3, 0.4) is 0 Å². The molecule has 0 amide bonds. The van der Waals surface area contributed by atoms with Crippen molar-refractivity contribution in [3.63, 3.8) is 0 Å². The van der Waals surface area contributed by atoms with Gasteiger partial charge in [-0.25, -0.2) is 9.97 Å². The minimum atomic E-state index is 0.512. The summed E-state index contributed by atoms with van der Waals surface area (Å²) in [6.07, 6.45) is 8.69. The van der Waals surface area contributed by atoms with Gasteiger partial charge in [0.1, 0.15) is 17.1 Å². The normalized spacial score (nSPS) is 11.3. The van der Waals surface area contributed by atoms with Crippen LogP contribution < -0.4 is 0 Å². The Labute approximate surface area is 124 Å². The second-order valence-corrected chi connectivity index (χ2v) is 5.61. The maximum Gasteiger partial charge on any atom is 0.144 e. The highest BCUT2D eigenvalue weighted by Crippen LogP contribution is 2.20. The molecule has 3 heterocycles. The average Bonchev–Trinajstić information content (AvgIpc) is 2.98. The van der Waals surface area contributed by atoms with E-state index in [2.05, 4.69) is 47.4 Å². The second-order valence-electron chi connectivity index (χ2n) is 4.33. The molecule has 98 valence electrons. The first-order valence-corrected chi connectivity index (χ1v) is 7.18. The van der Waals surface area contributed by atoms with E-state index in [9.17, 15) is 0 Å². The summed E-state index contributed by atoms with van der Waals surface area (Å²) < 4.78 is 5.39. The summed E-state index contributed by atoms with van der Waals surface area (Å²) >= 11 is 9.47. The highest BCUT2D eigenvalue weighted by atomic mass is 79.9. The molecule has 0 bridgehead atoms. The number of fused-ring (bicyclic) bond motifs is 1. The fourth-order valence-corrected chi connectivity index (χ4v) is 2.70. The van der Waals surface area contributed by atoms with Gasteiger partial charge in [0, 0.05) is 36.2 Å². The summed E-state index contributed by atoms with van der Waals surface area (Å²) in [7, 11) is 0. The summed E-state index contributed by atoms with van der Waals surface area (Å²) in [5, 5.41) is 1.42. The van der Waals surface area contributed by atoms with E-state index >= 15 is 0 Å². The Morgan fingerprint density at radius 3 is 2.84 bits per heavy atom. The van der Waals surface area contributed by atoms with Crippen molar-refractivity contribution < 1.29 is 0 Å². The van der Waals surface area contributed by atoms with Crippen LogP contribution in [0.1, 0.15) is 6.42 Å². The molecular formula is C13H12BrClN4. The van der Waals surface area contributed by atoms with E-state index in [-0.39, 0.29) is 0 Å². The first kappa shape index (κ1) is 12.7. The van der Waals surface area contributed by atoms with Crippen LogP contribution in [0.5, 0.6) is 0 Å². The maximum absolute atomic E-state index is 6.03. The van der Waals surface area contributed by atoms with Crippen LogP contribution in [0, 0.1) is 0 Å². The fourth-order valence-electron chi connectivity index (χ4n) is 2.13. The zero-order valence-corrected chi connectivity index (χ0v) is 12.5. The molecule has 0 saturated carbocycles. The van der Waals surface area contributed by atoms with Crippen LogP contribution in [0.25, 0.3) is 11.0 Å². The summed E-state index contributed by atoms with van der Waals surface area (Å²) in [6, 6.07) is 4.00. The van der Waals surface area contributed by atoms with Gasteiger partial charge in [-0.1, -0.05) is 11.6 Å². The Bertz CT molecular complexity index is 704. The predicted octanol–water partition coefficient (Wildman–Crippen LogP) is 3.74. The molecule has 0 atom stereocenters. The summed E-state index contributed by atoms with van der Waals surface area (Å²) in [4.78, 5) is 8.27. The van der Waals surface area contributed by atoms with E-state index in [0.29, 0.717) is 5.15 Å². The van der Waals surface area contributed by atoms with Crippen molar-refractivity contribution >= 4 is 38.6 Å². The smallest absolute Gasteiger partial charge is 0.144 e. The van der Waals surface area contributed by atoms with Crippen molar-refractivity contribution in [2.45, 2.75) is 19.5 Å². The lowest BCUT2D eigenvalue weighted by molar-refractivity contribution is 0.573. The number of rotatable bonds is 4. The standard InChI is InChI=1S/C13H12BrClN4/c14-10-2-6-18(8-10)4-1-5-19-7-3-11-12(15)16-9-17-13(11)19/h2-3,6-9H,1,4-5H2. The number of aromatic nitrogens is 4. The highest BCUT2D eigenvalue weighted by Gasteiger charge is 2.06. The minimum Gasteiger partial charge on any atom is -0.353 e. The molecular weight excluding hydrogens is 328 g/mol. The Morgan fingerprint density at radius 2 is 2.05 bits per heavy atom. The van der Waals surface area contributed by atoms with Gasteiger partial charge in [-0.3, -0.25) is 0 Å². The van der Waals surface area contributed by atoms with Gasteiger partial charge < -0.3 is 9.13 Å². The number of aryl methyl sites for hydroxylation is 2. The van der Waals surface area contributed by atoms with Crippen molar-refractivity contribution in [3.8, 4) is 0 Å². The van der Waals surface area contributed by atoms with Crippen LogP contribution in [0.15, 0.2) is 41.5 Å². The summed E-state index contributed by atoms with van der Waals surface area (Å²) in [6.45, 7) is 1.89. The highest BCUT2D eigenvalue weighted by molar-refractivity contribution is 9.10. The number of halogens is 2. The largest absolute Gasteiger partial charge is 0.353 e. The molecule has 0 aromatic carbocycles. The molecule has 0 radical (unpaired) electrons. The van der Waals surface area contributed by atoms with Crippen molar-refractivity contribution in [1.82, 2.24) is 19.1 Å². The molecule has 0 aliphatic heterocycles. The molecule has 3 aromatic rings. The van der Waals surface area contributed by atoms with E-state index in [1.54, 1.807) is 0 Å². The van der Waals surface area contributed by atoms with Crippen LogP contribution in [-0.4, -0.2) is 19.1 Å². The van der Waals surface area contributed by atoms with Crippen molar-refractivity contribution in [2.75, 3.05) is 0 Å². The van der Waals surface area contributed by atoms with Gasteiger partial charge in [0.2, 0.25) is 0 Å². The zero-order valence-electron chi connectivity index (χ0n) is 10.1. The van der Waals surface area contributed by atoms with Crippen molar-refractivity contribution in [2.24, 2.45) is 0 Å². The molecule has 0 aliphatic carbocycles. The minimum absolute atomic E-state index is 0.512. The van der Waals surface area contributed by atoms with Gasteiger partial charge in [0.25, 0.3) is 0 Å². The van der Waals surface area contributed by atoms with Gasteiger partial charge in [0.05, 0.1) is 5.39 Å². The van der Waals surface area contributed by atoms with E-state index < -0.39 is 0 Å². The predicted molar refractivity (Wildman–Crippen MR) is 79.3 cm³/mol. The topological polar surface area (TPSA) is 35.6 Å². The Kier molecular flexibility index (Phi) is 3.57. The lowest BCUT2D eigenvalue weighted by Gasteiger charge is -2.05. The van der Waals surface area contributed by atoms with Crippen molar-refractivity contribution in [3.05, 3.63) is 46.7 Å². The molecule has 3 rings (SSSR count). The third-order valence-electron chi connectivity index (χ3n) is 3.04. The molecule has 0 spiro atoms. The van der Waals surface area contributed by atoms with E-state index in [1.165, 1.54) is 6.33 Å². The summed E-state index contributed by atoms with van der Waals surface area (Å²) in [5.41, 5.74) is 0.897. The van der Waals surface area contributed by atoms with Gasteiger partial charge in [0.15, 0.2) is 0 Å². The van der Waals surface area contributed by atoms with E-state index in [1.807, 2.05) is 18.3 Å². The van der Waals surface area contributed by atoms with E-state index in [0.717, 1.165) is 35.0 Å². The van der Waals surface area contributed by atoms with Crippen LogP contribution in [-0.2, 0) is 13.1 Å². The first-order valence-electron chi connectivity index (χ1n) is 6.00. The molecule has 0 unspecified atom stereocenters. The number of hydrogen-bond acceptors (Lipinski definition) is 2. The molecule has 0 fully saturated rings. The molecule has 3 aromatic heterocycles. The Balaban J connectivity index is 1.70. The van der Waals surface area contributed by atoms with Gasteiger partial charge >= 0.3 is 0 Å². The average molecular weight is 340 g/mol. The van der Waals surface area contributed by atoms with Crippen LogP contribution in [0.4, 0.5) is 0 Å². The molecule has 0 N–H and O–H groups in total. The second kappa shape index (κ2) is 5.35. The fraction of sp³-hybridized carbons (Fsp3) is 0.231. The monoisotopic (exact) mass is 338 g/mol.